The number of carbonyl (C=O) groups excluding carboxylic acids is 1. The lowest BCUT2D eigenvalue weighted by Crippen LogP contribution is -2.34. The molecule has 3 heterocycles. The molecule has 4 rings (SSSR count). The summed E-state index contributed by atoms with van der Waals surface area (Å²) in [5.41, 5.74) is 2.16. The van der Waals surface area contributed by atoms with E-state index in [9.17, 15) is 9.59 Å². The summed E-state index contributed by atoms with van der Waals surface area (Å²) in [6.45, 7) is 6.15. The molecule has 7 nitrogen and oxygen atoms in total. The van der Waals surface area contributed by atoms with Gasteiger partial charge >= 0.3 is 0 Å². The van der Waals surface area contributed by atoms with Crippen LogP contribution >= 0.6 is 11.3 Å². The van der Waals surface area contributed by atoms with E-state index in [2.05, 4.69) is 34.0 Å². The van der Waals surface area contributed by atoms with Gasteiger partial charge in [0, 0.05) is 18.8 Å². The maximum absolute atomic E-state index is 12.9. The van der Waals surface area contributed by atoms with Gasteiger partial charge in [0.1, 0.15) is 17.6 Å². The molecule has 2 aromatic heterocycles. The van der Waals surface area contributed by atoms with Crippen molar-refractivity contribution in [2.24, 2.45) is 5.92 Å². The molecule has 1 fully saturated rings. The van der Waals surface area contributed by atoms with Gasteiger partial charge in [-0.2, -0.15) is 4.98 Å². The second-order valence-electron chi connectivity index (χ2n) is 7.62. The Labute approximate surface area is 173 Å². The maximum Gasteiger partial charge on any atom is 0.273 e. The molecule has 0 bridgehead atoms. The van der Waals surface area contributed by atoms with Gasteiger partial charge < -0.3 is 10.2 Å². The highest BCUT2D eigenvalue weighted by Gasteiger charge is 2.21. The summed E-state index contributed by atoms with van der Waals surface area (Å²) in [4.78, 5) is 36.4. The maximum atomic E-state index is 12.9. The molecular formula is C21H25N5O2S. The summed E-state index contributed by atoms with van der Waals surface area (Å²) >= 11 is 1.37. The Morgan fingerprint density at radius 1 is 1.31 bits per heavy atom. The SMILES string of the molecule is CCc1ccc(NC(=O)Cn2cnc3nc(N4CCC[C@H](C)C4)sc3c2=O)cc1. The lowest BCUT2D eigenvalue weighted by molar-refractivity contribution is -0.116. The Balaban J connectivity index is 1.50. The predicted octanol–water partition coefficient (Wildman–Crippen LogP) is 3.29. The number of carbonyl (C=O) groups is 1. The van der Waals surface area contributed by atoms with Gasteiger partial charge in [-0.05, 0) is 42.9 Å². The first-order valence-electron chi connectivity index (χ1n) is 10.0. The van der Waals surface area contributed by atoms with Gasteiger partial charge in [0.25, 0.3) is 5.56 Å². The van der Waals surface area contributed by atoms with Crippen molar-refractivity contribution in [2.75, 3.05) is 23.3 Å². The van der Waals surface area contributed by atoms with Crippen LogP contribution in [0, 0.1) is 5.92 Å². The van der Waals surface area contributed by atoms with Crippen molar-refractivity contribution < 1.29 is 4.79 Å². The van der Waals surface area contributed by atoms with Crippen molar-refractivity contribution in [1.29, 1.82) is 0 Å². The molecule has 0 spiro atoms. The Bertz CT molecular complexity index is 1070. The van der Waals surface area contributed by atoms with E-state index < -0.39 is 0 Å². The lowest BCUT2D eigenvalue weighted by atomic mass is 10.0. The third-order valence-corrected chi connectivity index (χ3v) is 6.35. The van der Waals surface area contributed by atoms with Gasteiger partial charge in [-0.25, -0.2) is 4.98 Å². The third-order valence-electron chi connectivity index (χ3n) is 5.26. The molecule has 1 amide bonds. The van der Waals surface area contributed by atoms with E-state index in [0.717, 1.165) is 31.1 Å². The summed E-state index contributed by atoms with van der Waals surface area (Å²) in [6.07, 6.45) is 4.71. The number of nitrogens with one attached hydrogen (secondary N) is 1. The molecule has 1 aliphatic rings. The average molecular weight is 412 g/mol. The number of fused-ring (bicyclic) bond motifs is 1. The minimum Gasteiger partial charge on any atom is -0.348 e. The zero-order valence-electron chi connectivity index (χ0n) is 16.7. The van der Waals surface area contributed by atoms with Crippen LogP contribution in [0.4, 0.5) is 10.8 Å². The van der Waals surface area contributed by atoms with Crippen LogP contribution in [0.15, 0.2) is 35.4 Å². The highest BCUT2D eigenvalue weighted by molar-refractivity contribution is 7.22. The van der Waals surface area contributed by atoms with Crippen molar-refractivity contribution in [3.63, 3.8) is 0 Å². The van der Waals surface area contributed by atoms with Crippen LogP contribution in [-0.4, -0.2) is 33.5 Å². The molecule has 8 heteroatoms. The first-order valence-corrected chi connectivity index (χ1v) is 10.8. The van der Waals surface area contributed by atoms with Crippen LogP contribution in [-0.2, 0) is 17.8 Å². The smallest absolute Gasteiger partial charge is 0.273 e. The van der Waals surface area contributed by atoms with E-state index in [1.54, 1.807) is 0 Å². The highest BCUT2D eigenvalue weighted by atomic mass is 32.1. The van der Waals surface area contributed by atoms with Crippen LogP contribution in [0.3, 0.4) is 0 Å². The summed E-state index contributed by atoms with van der Waals surface area (Å²) in [7, 11) is 0. The molecule has 0 radical (unpaired) electrons. The molecule has 1 aliphatic heterocycles. The molecule has 0 unspecified atom stereocenters. The molecule has 29 heavy (non-hydrogen) atoms. The number of aromatic nitrogens is 3. The van der Waals surface area contributed by atoms with Gasteiger partial charge in [-0.1, -0.05) is 37.3 Å². The molecule has 1 N–H and O–H groups in total. The van der Waals surface area contributed by atoms with Crippen molar-refractivity contribution in [1.82, 2.24) is 14.5 Å². The number of hydrogen-bond donors (Lipinski definition) is 1. The number of nitrogens with zero attached hydrogens (tertiary/aromatic N) is 4. The van der Waals surface area contributed by atoms with Crippen molar-refractivity contribution in [3.05, 3.63) is 46.5 Å². The molecule has 152 valence electrons. The van der Waals surface area contributed by atoms with Gasteiger partial charge in [-0.15, -0.1) is 0 Å². The number of thiazole rings is 1. The Hall–Kier alpha value is -2.74. The van der Waals surface area contributed by atoms with Crippen molar-refractivity contribution in [2.45, 2.75) is 39.7 Å². The quantitative estimate of drug-likeness (QED) is 0.697. The fourth-order valence-corrected chi connectivity index (χ4v) is 4.63. The topological polar surface area (TPSA) is 80.1 Å². The average Bonchev–Trinajstić information content (AvgIpc) is 3.16. The Morgan fingerprint density at radius 2 is 2.10 bits per heavy atom. The molecule has 3 aromatic rings. The van der Waals surface area contributed by atoms with E-state index in [-0.39, 0.29) is 18.0 Å². The number of piperidine rings is 1. The predicted molar refractivity (Wildman–Crippen MR) is 117 cm³/mol. The third kappa shape index (κ3) is 4.32. The number of anilines is 2. The van der Waals surface area contributed by atoms with E-state index in [1.807, 2.05) is 24.3 Å². The molecule has 0 saturated carbocycles. The Morgan fingerprint density at radius 3 is 2.83 bits per heavy atom. The summed E-state index contributed by atoms with van der Waals surface area (Å²) in [6, 6.07) is 7.71. The van der Waals surface area contributed by atoms with Gasteiger partial charge in [0.05, 0.1) is 0 Å². The number of benzene rings is 1. The van der Waals surface area contributed by atoms with E-state index in [4.69, 9.17) is 0 Å². The molecule has 1 atom stereocenters. The van der Waals surface area contributed by atoms with Gasteiger partial charge in [0.2, 0.25) is 5.91 Å². The first-order chi connectivity index (χ1) is 14.0. The minimum atomic E-state index is -0.257. The first kappa shape index (κ1) is 19.6. The van der Waals surface area contributed by atoms with Gasteiger partial charge in [-0.3, -0.25) is 14.2 Å². The summed E-state index contributed by atoms with van der Waals surface area (Å²) in [5.74, 6) is 0.363. The van der Waals surface area contributed by atoms with Crippen LogP contribution in [0.1, 0.15) is 32.3 Å². The lowest BCUT2D eigenvalue weighted by Gasteiger charge is -2.30. The fraction of sp³-hybridized carbons (Fsp3) is 0.429. The summed E-state index contributed by atoms with van der Waals surface area (Å²) in [5, 5.41) is 3.67. The van der Waals surface area contributed by atoms with Crippen LogP contribution in [0.2, 0.25) is 0 Å². The molecule has 0 aliphatic carbocycles. The standard InChI is InChI=1S/C21H25N5O2S/c1-3-15-6-8-16(9-7-15)23-17(27)12-26-13-22-19-18(20(26)28)29-21(24-19)25-10-4-5-14(2)11-25/h6-9,13-14H,3-5,10-12H2,1-2H3,(H,23,27)/t14-/m0/s1. The molecular weight excluding hydrogens is 386 g/mol. The van der Waals surface area contributed by atoms with E-state index >= 15 is 0 Å². The van der Waals surface area contributed by atoms with Crippen molar-refractivity contribution in [3.8, 4) is 0 Å². The van der Waals surface area contributed by atoms with Gasteiger partial charge in [0.15, 0.2) is 10.8 Å². The number of amides is 1. The van der Waals surface area contributed by atoms with Crippen LogP contribution < -0.4 is 15.8 Å². The van der Waals surface area contributed by atoms with Crippen LogP contribution in [0.25, 0.3) is 10.3 Å². The van der Waals surface area contributed by atoms with E-state index in [1.165, 1.54) is 34.2 Å². The number of aryl methyl sites for hydroxylation is 1. The monoisotopic (exact) mass is 411 g/mol. The van der Waals surface area contributed by atoms with E-state index in [0.29, 0.717) is 22.0 Å². The second kappa shape index (κ2) is 8.32. The number of rotatable bonds is 5. The fourth-order valence-electron chi connectivity index (χ4n) is 3.63. The largest absolute Gasteiger partial charge is 0.348 e. The minimum absolute atomic E-state index is 0.0781. The zero-order valence-corrected chi connectivity index (χ0v) is 17.5. The highest BCUT2D eigenvalue weighted by Crippen LogP contribution is 2.29. The zero-order chi connectivity index (χ0) is 20.4. The Kier molecular flexibility index (Phi) is 5.62. The second-order valence-corrected chi connectivity index (χ2v) is 8.60. The normalized spacial score (nSPS) is 16.9. The molecule has 1 saturated heterocycles. The molecule has 1 aromatic carbocycles. The van der Waals surface area contributed by atoms with Crippen LogP contribution in [0.5, 0.6) is 0 Å². The number of hydrogen-bond acceptors (Lipinski definition) is 6. The summed E-state index contributed by atoms with van der Waals surface area (Å²) < 4.78 is 1.85. The van der Waals surface area contributed by atoms with Crippen molar-refractivity contribution >= 4 is 38.4 Å².